The third kappa shape index (κ3) is 2.62. The molecule has 0 radical (unpaired) electrons. The van der Waals surface area contributed by atoms with E-state index in [1.165, 1.54) is 12.8 Å². The average molecular weight is 361 g/mol. The monoisotopic (exact) mass is 361 g/mol. The third-order valence-corrected chi connectivity index (χ3v) is 6.15. The quantitative estimate of drug-likeness (QED) is 0.620. The van der Waals surface area contributed by atoms with Crippen molar-refractivity contribution in [3.63, 3.8) is 0 Å². The summed E-state index contributed by atoms with van der Waals surface area (Å²) in [5.74, 6) is 7.20. The second kappa shape index (κ2) is 6.00. The Labute approximate surface area is 156 Å². The lowest BCUT2D eigenvalue weighted by molar-refractivity contribution is 0.0704. The normalized spacial score (nSPS) is 21.2. The van der Waals surface area contributed by atoms with Gasteiger partial charge < -0.3 is 9.30 Å². The number of thiophene rings is 1. The van der Waals surface area contributed by atoms with Gasteiger partial charge in [0, 0.05) is 35.9 Å². The topological polar surface area (TPSA) is 37.6 Å². The Morgan fingerprint density at radius 3 is 2.96 bits per heavy atom. The number of carbonyl (C=O) groups excluding carboxylic acids is 1. The summed E-state index contributed by atoms with van der Waals surface area (Å²) in [7, 11) is 0. The summed E-state index contributed by atoms with van der Waals surface area (Å²) >= 11 is 1.63. The first-order valence-electron chi connectivity index (χ1n) is 9.02. The summed E-state index contributed by atoms with van der Waals surface area (Å²) in [5.41, 5.74) is 4.24. The van der Waals surface area contributed by atoms with E-state index in [0.717, 1.165) is 41.0 Å². The van der Waals surface area contributed by atoms with Crippen LogP contribution in [0.1, 0.15) is 46.6 Å². The maximum Gasteiger partial charge on any atom is 0.255 e. The highest BCUT2D eigenvalue weighted by molar-refractivity contribution is 7.08. The number of nitrogens with zero attached hydrogens (tertiary/aromatic N) is 3. The van der Waals surface area contributed by atoms with Gasteiger partial charge in [-0.05, 0) is 55.5 Å². The van der Waals surface area contributed by atoms with Crippen LogP contribution in [0, 0.1) is 24.7 Å². The number of carbonyl (C=O) groups is 1. The van der Waals surface area contributed by atoms with Crippen LogP contribution < -0.4 is 0 Å². The van der Waals surface area contributed by atoms with Crippen molar-refractivity contribution in [1.29, 1.82) is 0 Å². The molecular formula is C21H19N3OS. The van der Waals surface area contributed by atoms with Gasteiger partial charge in [-0.3, -0.25) is 4.79 Å². The molecule has 0 spiro atoms. The lowest BCUT2D eigenvalue weighted by atomic mass is 10.1. The Bertz CT molecular complexity index is 1050. The minimum Gasteiger partial charge on any atom is -0.335 e. The van der Waals surface area contributed by atoms with Crippen LogP contribution >= 0.6 is 11.3 Å². The predicted octanol–water partition coefficient (Wildman–Crippen LogP) is 3.73. The van der Waals surface area contributed by atoms with E-state index in [0.29, 0.717) is 12.0 Å². The van der Waals surface area contributed by atoms with Gasteiger partial charge in [0.05, 0.1) is 16.8 Å². The Balaban J connectivity index is 1.53. The zero-order valence-electron chi connectivity index (χ0n) is 14.6. The molecule has 5 heteroatoms. The van der Waals surface area contributed by atoms with E-state index in [-0.39, 0.29) is 5.91 Å². The van der Waals surface area contributed by atoms with Crippen molar-refractivity contribution in [1.82, 2.24) is 14.3 Å². The maximum atomic E-state index is 13.0. The summed E-state index contributed by atoms with van der Waals surface area (Å²) in [4.78, 5) is 19.7. The Kier molecular flexibility index (Phi) is 3.61. The van der Waals surface area contributed by atoms with Crippen LogP contribution in [0.2, 0.25) is 0 Å². The van der Waals surface area contributed by atoms with E-state index < -0.39 is 0 Å². The molecule has 1 aliphatic heterocycles. The van der Waals surface area contributed by atoms with Crippen LogP contribution in [0.15, 0.2) is 35.3 Å². The van der Waals surface area contributed by atoms with E-state index in [4.69, 9.17) is 0 Å². The molecular weight excluding hydrogens is 342 g/mol. The molecule has 5 rings (SSSR count). The first kappa shape index (κ1) is 15.7. The first-order valence-corrected chi connectivity index (χ1v) is 9.96. The number of hydrogen-bond acceptors (Lipinski definition) is 3. The molecule has 26 heavy (non-hydrogen) atoms. The van der Waals surface area contributed by atoms with Gasteiger partial charge in [-0.2, -0.15) is 11.3 Å². The lowest BCUT2D eigenvalue weighted by Gasteiger charge is -2.26. The fourth-order valence-electron chi connectivity index (χ4n) is 4.25. The van der Waals surface area contributed by atoms with Crippen LogP contribution in [0.25, 0.3) is 5.52 Å². The zero-order valence-corrected chi connectivity index (χ0v) is 15.4. The fraction of sp³-hybridized carbons (Fsp3) is 0.333. The van der Waals surface area contributed by atoms with E-state index >= 15 is 0 Å². The molecule has 4 heterocycles. The van der Waals surface area contributed by atoms with E-state index in [1.54, 1.807) is 11.3 Å². The predicted molar refractivity (Wildman–Crippen MR) is 102 cm³/mol. The molecule has 2 bridgehead atoms. The second-order valence-corrected chi connectivity index (χ2v) is 8.08. The Morgan fingerprint density at radius 1 is 1.31 bits per heavy atom. The number of aryl methyl sites for hydroxylation is 1. The smallest absolute Gasteiger partial charge is 0.255 e. The molecule has 1 saturated heterocycles. The number of hydrogen-bond donors (Lipinski definition) is 0. The summed E-state index contributed by atoms with van der Waals surface area (Å²) in [5, 5.41) is 4.04. The van der Waals surface area contributed by atoms with Gasteiger partial charge >= 0.3 is 0 Å². The van der Waals surface area contributed by atoms with Gasteiger partial charge in [0.2, 0.25) is 0 Å². The molecule has 0 N–H and O–H groups in total. The molecule has 1 amide bonds. The van der Waals surface area contributed by atoms with Crippen molar-refractivity contribution in [3.8, 4) is 11.8 Å². The fourth-order valence-corrected chi connectivity index (χ4v) is 4.84. The number of aromatic nitrogens is 2. The molecule has 2 atom stereocenters. The molecule has 3 aromatic rings. The number of rotatable bonds is 1. The van der Waals surface area contributed by atoms with Crippen molar-refractivity contribution >= 4 is 22.8 Å². The van der Waals surface area contributed by atoms with Gasteiger partial charge in [0.15, 0.2) is 0 Å². The van der Waals surface area contributed by atoms with Crippen LogP contribution in [0.5, 0.6) is 0 Å². The van der Waals surface area contributed by atoms with E-state index in [9.17, 15) is 4.79 Å². The maximum absolute atomic E-state index is 13.0. The molecule has 2 fully saturated rings. The molecule has 4 nitrogen and oxygen atoms in total. The van der Waals surface area contributed by atoms with Crippen molar-refractivity contribution < 1.29 is 4.79 Å². The number of fused-ring (bicyclic) bond motifs is 3. The molecule has 130 valence electrons. The van der Waals surface area contributed by atoms with Gasteiger partial charge in [0.1, 0.15) is 5.69 Å². The van der Waals surface area contributed by atoms with Crippen molar-refractivity contribution in [2.24, 2.45) is 5.92 Å². The summed E-state index contributed by atoms with van der Waals surface area (Å²) in [6.45, 7) is 2.87. The number of piperidine rings is 1. The minimum atomic E-state index is 0.148. The Morgan fingerprint density at radius 2 is 2.23 bits per heavy atom. The molecule has 1 aliphatic carbocycles. The molecule has 1 saturated carbocycles. The van der Waals surface area contributed by atoms with Crippen molar-refractivity contribution in [2.45, 2.75) is 32.2 Å². The number of amides is 1. The minimum absolute atomic E-state index is 0.148. The second-order valence-electron chi connectivity index (χ2n) is 7.30. The highest BCUT2D eigenvalue weighted by Crippen LogP contribution is 2.38. The standard InChI is InChI=1S/C21H19N3OS/c1-14-10-23-12-17(21(25)24-11-16-2-4-18(24)8-16)9-20(23)19(22-14)5-3-15-6-7-26-13-15/h6-7,9-10,12-13,16,18H,2,4,8,11H2,1H3/t16-,18+/m0/s1. The van der Waals surface area contributed by atoms with Gasteiger partial charge in [-0.15, -0.1) is 0 Å². The SMILES string of the molecule is Cc1cn2cc(C(=O)N3C[C@H]4CC[C@@H]3C4)cc2c(C#Cc2ccsc2)n1. The van der Waals surface area contributed by atoms with Crippen molar-refractivity contribution in [2.75, 3.05) is 6.54 Å². The largest absolute Gasteiger partial charge is 0.335 e. The summed E-state index contributed by atoms with van der Waals surface area (Å²) in [6, 6.07) is 4.38. The van der Waals surface area contributed by atoms with Crippen LogP contribution in [-0.2, 0) is 0 Å². The third-order valence-electron chi connectivity index (χ3n) is 5.47. The lowest BCUT2D eigenvalue weighted by Crippen LogP contribution is -2.37. The van der Waals surface area contributed by atoms with Gasteiger partial charge in [-0.25, -0.2) is 4.98 Å². The van der Waals surface area contributed by atoms with E-state index in [2.05, 4.69) is 21.7 Å². The molecule has 0 unspecified atom stereocenters. The van der Waals surface area contributed by atoms with Crippen LogP contribution in [-0.4, -0.2) is 32.8 Å². The van der Waals surface area contributed by atoms with Crippen LogP contribution in [0.4, 0.5) is 0 Å². The van der Waals surface area contributed by atoms with Gasteiger partial charge in [0.25, 0.3) is 5.91 Å². The molecule has 0 aromatic carbocycles. The highest BCUT2D eigenvalue weighted by atomic mass is 32.1. The van der Waals surface area contributed by atoms with Crippen LogP contribution in [0.3, 0.4) is 0 Å². The summed E-state index contributed by atoms with van der Waals surface area (Å²) < 4.78 is 1.99. The van der Waals surface area contributed by atoms with E-state index in [1.807, 2.05) is 46.6 Å². The Hall–Kier alpha value is -2.58. The zero-order chi connectivity index (χ0) is 17.7. The summed E-state index contributed by atoms with van der Waals surface area (Å²) in [6.07, 6.45) is 7.49. The highest BCUT2D eigenvalue weighted by Gasteiger charge is 2.40. The number of likely N-dealkylation sites (tertiary alicyclic amines) is 1. The van der Waals surface area contributed by atoms with Gasteiger partial charge in [-0.1, -0.05) is 5.92 Å². The van der Waals surface area contributed by atoms with Crippen molar-refractivity contribution in [3.05, 3.63) is 57.8 Å². The molecule has 3 aromatic heterocycles. The first-order chi connectivity index (χ1) is 12.7. The molecule has 2 aliphatic rings. The average Bonchev–Trinajstić information content (AvgIpc) is 3.42.